The van der Waals surface area contributed by atoms with Crippen LogP contribution in [0.2, 0.25) is 0 Å². The fraction of sp³-hybridized carbons (Fsp3) is 0.682. The minimum atomic E-state index is -0.0201. The van der Waals surface area contributed by atoms with Gasteiger partial charge in [0, 0.05) is 59.1 Å². The number of methoxy groups -OCH3 is 1. The normalized spacial score (nSPS) is 20.9. The van der Waals surface area contributed by atoms with Gasteiger partial charge in [-0.3, -0.25) is 19.0 Å². The maximum Gasteiger partial charge on any atom is 0.255 e. The zero-order valence-corrected chi connectivity index (χ0v) is 18.6. The third kappa shape index (κ3) is 4.50. The molecule has 2 fully saturated rings. The van der Waals surface area contributed by atoms with Crippen molar-refractivity contribution in [1.82, 2.24) is 29.3 Å². The second kappa shape index (κ2) is 8.99. The maximum absolute atomic E-state index is 12.9. The lowest BCUT2D eigenvalue weighted by molar-refractivity contribution is 0.0437. The van der Waals surface area contributed by atoms with E-state index in [4.69, 9.17) is 4.74 Å². The van der Waals surface area contributed by atoms with Gasteiger partial charge in [0.15, 0.2) is 11.5 Å². The zero-order chi connectivity index (χ0) is 21.3. The Balaban J connectivity index is 1.61. The summed E-state index contributed by atoms with van der Waals surface area (Å²) < 4.78 is 7.11. The minimum absolute atomic E-state index is 0.0201. The summed E-state index contributed by atoms with van der Waals surface area (Å²) >= 11 is 0. The zero-order valence-electron chi connectivity index (χ0n) is 18.6. The average molecular weight is 415 g/mol. The molecule has 164 valence electrons. The number of likely N-dealkylation sites (N-methyl/N-ethyl adjacent to an activating group) is 1. The summed E-state index contributed by atoms with van der Waals surface area (Å²) in [5, 5.41) is 8.98. The second-order valence-corrected chi connectivity index (χ2v) is 8.97. The highest BCUT2D eigenvalue weighted by Crippen LogP contribution is 2.33. The van der Waals surface area contributed by atoms with Gasteiger partial charge in [0.1, 0.15) is 0 Å². The monoisotopic (exact) mass is 414 g/mol. The van der Waals surface area contributed by atoms with Gasteiger partial charge in [0.25, 0.3) is 5.91 Å². The molecule has 1 saturated carbocycles. The van der Waals surface area contributed by atoms with Gasteiger partial charge < -0.3 is 9.64 Å². The molecule has 2 aromatic heterocycles. The van der Waals surface area contributed by atoms with Gasteiger partial charge in [-0.1, -0.05) is 0 Å². The van der Waals surface area contributed by atoms with Gasteiger partial charge in [0.05, 0.1) is 18.2 Å². The molecular formula is C22H34N6O2. The van der Waals surface area contributed by atoms with E-state index in [-0.39, 0.29) is 11.9 Å². The molecule has 0 unspecified atom stereocenters. The molecule has 2 aromatic rings. The first-order valence-electron chi connectivity index (χ1n) is 11.0. The quantitative estimate of drug-likeness (QED) is 0.658. The first-order valence-corrected chi connectivity index (χ1v) is 11.0. The van der Waals surface area contributed by atoms with Crippen LogP contribution in [0, 0.1) is 5.92 Å². The Hall–Kier alpha value is -2.03. The smallest absolute Gasteiger partial charge is 0.255 e. The number of ether oxygens (including phenoxy) is 1. The molecule has 0 bridgehead atoms. The first-order chi connectivity index (χ1) is 14.5. The molecule has 0 N–H and O–H groups in total. The van der Waals surface area contributed by atoms with Crippen LogP contribution < -0.4 is 0 Å². The van der Waals surface area contributed by atoms with E-state index < -0.39 is 0 Å². The van der Waals surface area contributed by atoms with Gasteiger partial charge in [0.2, 0.25) is 0 Å². The highest BCUT2D eigenvalue weighted by atomic mass is 16.5. The molecule has 8 nitrogen and oxygen atoms in total. The fourth-order valence-corrected chi connectivity index (χ4v) is 4.35. The van der Waals surface area contributed by atoms with Gasteiger partial charge >= 0.3 is 0 Å². The predicted octanol–water partition coefficient (Wildman–Crippen LogP) is 1.92. The van der Waals surface area contributed by atoms with E-state index >= 15 is 0 Å². The van der Waals surface area contributed by atoms with E-state index in [1.165, 1.54) is 19.4 Å². The third-order valence-electron chi connectivity index (χ3n) is 6.33. The Morgan fingerprint density at radius 2 is 2.07 bits per heavy atom. The SMILES string of the molecule is COCCN(C)C(=O)c1ccc2nnc([C@H]3CN(CC4CC4)CCN3C(C)C)n2c1. The lowest BCUT2D eigenvalue weighted by Crippen LogP contribution is -2.51. The Bertz CT molecular complexity index is 878. The summed E-state index contributed by atoms with van der Waals surface area (Å²) in [6, 6.07) is 4.32. The lowest BCUT2D eigenvalue weighted by atomic mass is 10.1. The highest BCUT2D eigenvalue weighted by molar-refractivity contribution is 5.94. The van der Waals surface area contributed by atoms with Crippen LogP contribution >= 0.6 is 0 Å². The summed E-state index contributed by atoms with van der Waals surface area (Å²) in [7, 11) is 3.45. The van der Waals surface area contributed by atoms with Crippen molar-refractivity contribution < 1.29 is 9.53 Å². The molecule has 1 saturated heterocycles. The van der Waals surface area contributed by atoms with E-state index in [9.17, 15) is 4.79 Å². The first kappa shape index (κ1) is 21.2. The highest BCUT2D eigenvalue weighted by Gasteiger charge is 2.35. The van der Waals surface area contributed by atoms with Crippen molar-refractivity contribution in [1.29, 1.82) is 0 Å². The van der Waals surface area contributed by atoms with E-state index in [1.54, 1.807) is 19.1 Å². The third-order valence-corrected chi connectivity index (χ3v) is 6.33. The Labute approximate surface area is 178 Å². The van der Waals surface area contributed by atoms with Crippen LogP contribution in [0.4, 0.5) is 0 Å². The molecule has 0 spiro atoms. The number of rotatable bonds is 8. The predicted molar refractivity (Wildman–Crippen MR) is 116 cm³/mol. The van der Waals surface area contributed by atoms with Crippen LogP contribution in [0.5, 0.6) is 0 Å². The molecule has 1 amide bonds. The molecule has 3 heterocycles. The second-order valence-electron chi connectivity index (χ2n) is 8.97. The molecule has 30 heavy (non-hydrogen) atoms. The van der Waals surface area contributed by atoms with Crippen LogP contribution in [0.25, 0.3) is 5.65 Å². The summed E-state index contributed by atoms with van der Waals surface area (Å²) in [6.45, 7) is 9.85. The fourth-order valence-electron chi connectivity index (χ4n) is 4.35. The van der Waals surface area contributed by atoms with E-state index in [1.807, 2.05) is 22.7 Å². The number of hydrogen-bond donors (Lipinski definition) is 0. The van der Waals surface area contributed by atoms with E-state index in [2.05, 4.69) is 33.8 Å². The van der Waals surface area contributed by atoms with Crippen molar-refractivity contribution in [3.63, 3.8) is 0 Å². The van der Waals surface area contributed by atoms with Gasteiger partial charge in [-0.05, 0) is 44.7 Å². The van der Waals surface area contributed by atoms with Crippen molar-refractivity contribution in [2.24, 2.45) is 5.92 Å². The van der Waals surface area contributed by atoms with Crippen molar-refractivity contribution in [3.8, 4) is 0 Å². The van der Waals surface area contributed by atoms with Crippen molar-refractivity contribution in [3.05, 3.63) is 29.7 Å². The summed E-state index contributed by atoms with van der Waals surface area (Å²) in [6.07, 6.45) is 4.63. The number of nitrogens with zero attached hydrogens (tertiary/aromatic N) is 6. The number of pyridine rings is 1. The van der Waals surface area contributed by atoms with E-state index in [0.717, 1.165) is 37.0 Å². The topological polar surface area (TPSA) is 66.2 Å². The molecule has 0 radical (unpaired) electrons. The molecule has 1 atom stereocenters. The van der Waals surface area contributed by atoms with Crippen LogP contribution in [-0.4, -0.2) is 94.7 Å². The van der Waals surface area contributed by atoms with Crippen molar-refractivity contribution in [2.75, 3.05) is 53.5 Å². The molecule has 1 aliphatic heterocycles. The Morgan fingerprint density at radius 1 is 1.27 bits per heavy atom. The number of piperazine rings is 1. The molecule has 1 aliphatic carbocycles. The van der Waals surface area contributed by atoms with Crippen LogP contribution in [0.3, 0.4) is 0 Å². The summed E-state index contributed by atoms with van der Waals surface area (Å²) in [5.74, 6) is 1.78. The van der Waals surface area contributed by atoms with Gasteiger partial charge in [-0.25, -0.2) is 0 Å². The number of aromatic nitrogens is 3. The number of fused-ring (bicyclic) bond motifs is 1. The largest absolute Gasteiger partial charge is 0.383 e. The molecule has 8 heteroatoms. The van der Waals surface area contributed by atoms with Crippen LogP contribution in [0.1, 0.15) is 48.9 Å². The molecule has 0 aromatic carbocycles. The van der Waals surface area contributed by atoms with Gasteiger partial charge in [-0.2, -0.15) is 0 Å². The average Bonchev–Trinajstić information content (AvgIpc) is 3.46. The lowest BCUT2D eigenvalue weighted by Gasteiger charge is -2.42. The number of amides is 1. The molecular weight excluding hydrogens is 380 g/mol. The number of carbonyl (C=O) groups is 1. The van der Waals surface area contributed by atoms with Crippen molar-refractivity contribution >= 4 is 11.6 Å². The van der Waals surface area contributed by atoms with Crippen LogP contribution in [-0.2, 0) is 4.74 Å². The number of hydrogen-bond acceptors (Lipinski definition) is 6. The Morgan fingerprint density at radius 3 is 2.77 bits per heavy atom. The standard InChI is InChI=1S/C22H34N6O2/c1-16(2)27-10-9-26(13-17-5-6-17)15-19(27)21-24-23-20-8-7-18(14-28(20)21)22(29)25(3)11-12-30-4/h7-8,14,16-17,19H,5-6,9-13,15H2,1-4H3/t19-/m1/s1. The van der Waals surface area contributed by atoms with Crippen molar-refractivity contribution in [2.45, 2.75) is 38.8 Å². The molecule has 4 rings (SSSR count). The summed E-state index contributed by atoms with van der Waals surface area (Å²) in [5.41, 5.74) is 1.42. The Kier molecular flexibility index (Phi) is 6.36. The van der Waals surface area contributed by atoms with E-state index in [0.29, 0.717) is 24.8 Å². The number of carbonyl (C=O) groups excluding carboxylic acids is 1. The van der Waals surface area contributed by atoms with Gasteiger partial charge in [-0.15, -0.1) is 10.2 Å². The summed E-state index contributed by atoms with van der Waals surface area (Å²) in [4.78, 5) is 19.6. The minimum Gasteiger partial charge on any atom is -0.383 e. The maximum atomic E-state index is 12.9. The molecule has 2 aliphatic rings. The van der Waals surface area contributed by atoms with Crippen LogP contribution in [0.15, 0.2) is 18.3 Å².